The highest BCUT2D eigenvalue weighted by Crippen LogP contribution is 2.22. The summed E-state index contributed by atoms with van der Waals surface area (Å²) in [7, 11) is 0. The number of piperidine rings is 1. The van der Waals surface area contributed by atoms with Gasteiger partial charge in [-0.15, -0.1) is 0 Å². The van der Waals surface area contributed by atoms with Crippen LogP contribution in [0.5, 0.6) is 0 Å². The molecule has 1 aliphatic heterocycles. The first-order valence-corrected chi connectivity index (χ1v) is 10.5. The number of halogens is 2. The third-order valence-electron chi connectivity index (χ3n) is 5.35. The summed E-state index contributed by atoms with van der Waals surface area (Å²) in [6.45, 7) is 6.63. The Morgan fingerprint density at radius 1 is 0.906 bits per heavy atom. The fraction of sp³-hybridized carbons (Fsp3) is 0.375. The average Bonchev–Trinajstić information content (AvgIpc) is 2.74. The van der Waals surface area contributed by atoms with Crippen LogP contribution in [0.1, 0.15) is 54.3 Å². The van der Waals surface area contributed by atoms with Crippen molar-refractivity contribution in [1.82, 2.24) is 10.2 Å². The van der Waals surface area contributed by atoms with Crippen molar-refractivity contribution in [2.45, 2.75) is 39.7 Å². The van der Waals surface area contributed by atoms with E-state index in [4.69, 9.17) is 0 Å². The minimum absolute atomic E-state index is 0.0631. The van der Waals surface area contributed by atoms with Gasteiger partial charge in [-0.25, -0.2) is 8.78 Å². The van der Waals surface area contributed by atoms with Crippen LogP contribution in [-0.4, -0.2) is 41.8 Å². The molecule has 0 unspecified atom stereocenters. The fourth-order valence-electron chi connectivity index (χ4n) is 3.58. The summed E-state index contributed by atoms with van der Waals surface area (Å²) in [5, 5.41) is 5.29. The minimum Gasteiger partial charge on any atom is -0.349 e. The zero-order valence-electron chi connectivity index (χ0n) is 18.4. The molecular formula is C24H27F2N3O3. The van der Waals surface area contributed by atoms with Crippen molar-refractivity contribution in [1.29, 1.82) is 0 Å². The van der Waals surface area contributed by atoms with Gasteiger partial charge in [0.05, 0.1) is 11.1 Å². The van der Waals surface area contributed by atoms with Gasteiger partial charge in [0.2, 0.25) is 5.91 Å². The van der Waals surface area contributed by atoms with Crippen molar-refractivity contribution in [2.75, 3.05) is 18.4 Å². The Kier molecular flexibility index (Phi) is 6.91. The van der Waals surface area contributed by atoms with Crippen LogP contribution in [0.3, 0.4) is 0 Å². The average molecular weight is 443 g/mol. The molecule has 1 fully saturated rings. The van der Waals surface area contributed by atoms with Crippen LogP contribution in [0, 0.1) is 17.0 Å². The zero-order valence-corrected chi connectivity index (χ0v) is 18.4. The van der Waals surface area contributed by atoms with Gasteiger partial charge in [0.1, 0.15) is 11.6 Å². The molecule has 6 nitrogen and oxygen atoms in total. The highest BCUT2D eigenvalue weighted by molar-refractivity contribution is 6.06. The third kappa shape index (κ3) is 5.49. The fourth-order valence-corrected chi connectivity index (χ4v) is 3.58. The number of likely N-dealkylation sites (tertiary alicyclic amines) is 1. The predicted octanol–water partition coefficient (Wildman–Crippen LogP) is 3.98. The van der Waals surface area contributed by atoms with Gasteiger partial charge >= 0.3 is 0 Å². The van der Waals surface area contributed by atoms with Gasteiger partial charge in [0.15, 0.2) is 0 Å². The molecule has 3 rings (SSSR count). The summed E-state index contributed by atoms with van der Waals surface area (Å²) in [5.74, 6) is -2.67. The first-order chi connectivity index (χ1) is 15.1. The summed E-state index contributed by atoms with van der Waals surface area (Å²) in [6, 6.07) is 8.91. The Balaban J connectivity index is 1.63. The Hall–Kier alpha value is -3.29. The molecule has 32 heavy (non-hydrogen) atoms. The van der Waals surface area contributed by atoms with Crippen LogP contribution in [0.4, 0.5) is 14.5 Å². The Bertz CT molecular complexity index is 1010. The number of hydrogen-bond donors (Lipinski definition) is 2. The third-order valence-corrected chi connectivity index (χ3v) is 5.35. The molecule has 0 saturated carbocycles. The second-order valence-corrected chi connectivity index (χ2v) is 8.92. The molecule has 2 aromatic rings. The zero-order chi connectivity index (χ0) is 23.5. The largest absolute Gasteiger partial charge is 0.349 e. The maximum Gasteiger partial charge on any atom is 0.258 e. The van der Waals surface area contributed by atoms with E-state index in [1.54, 1.807) is 4.90 Å². The number of nitrogens with one attached hydrogen (secondary N) is 2. The van der Waals surface area contributed by atoms with Crippen LogP contribution in [-0.2, 0) is 4.79 Å². The number of hydrogen-bond acceptors (Lipinski definition) is 3. The lowest BCUT2D eigenvalue weighted by Gasteiger charge is -2.36. The van der Waals surface area contributed by atoms with Crippen molar-refractivity contribution in [3.05, 3.63) is 65.2 Å². The molecule has 1 saturated heterocycles. The van der Waals surface area contributed by atoms with Crippen molar-refractivity contribution < 1.29 is 23.2 Å². The van der Waals surface area contributed by atoms with Crippen LogP contribution in [0.2, 0.25) is 0 Å². The summed E-state index contributed by atoms with van der Waals surface area (Å²) in [4.78, 5) is 39.3. The lowest BCUT2D eigenvalue weighted by atomic mass is 9.93. The van der Waals surface area contributed by atoms with Crippen molar-refractivity contribution >= 4 is 23.4 Å². The number of rotatable bonds is 4. The molecule has 0 radical (unpaired) electrons. The summed E-state index contributed by atoms with van der Waals surface area (Å²) in [6.07, 6.45) is 1.14. The Morgan fingerprint density at radius 3 is 2.03 bits per heavy atom. The van der Waals surface area contributed by atoms with Crippen molar-refractivity contribution in [3.63, 3.8) is 0 Å². The molecular weight excluding hydrogens is 416 g/mol. The quantitative estimate of drug-likeness (QED) is 0.750. The summed E-state index contributed by atoms with van der Waals surface area (Å²) in [5.41, 5.74) is -0.673. The Morgan fingerprint density at radius 2 is 1.47 bits per heavy atom. The number of carbonyl (C=O) groups excluding carboxylic acids is 3. The van der Waals surface area contributed by atoms with Crippen LogP contribution in [0.15, 0.2) is 42.5 Å². The van der Waals surface area contributed by atoms with E-state index in [0.29, 0.717) is 31.6 Å². The van der Waals surface area contributed by atoms with E-state index in [0.717, 1.165) is 0 Å². The van der Waals surface area contributed by atoms with E-state index in [1.165, 1.54) is 42.5 Å². The lowest BCUT2D eigenvalue weighted by molar-refractivity contribution is -0.140. The van der Waals surface area contributed by atoms with Crippen LogP contribution >= 0.6 is 0 Å². The van der Waals surface area contributed by atoms with E-state index >= 15 is 0 Å². The van der Waals surface area contributed by atoms with E-state index in [2.05, 4.69) is 10.6 Å². The highest BCUT2D eigenvalue weighted by Gasteiger charge is 2.31. The molecule has 0 aliphatic carbocycles. The van der Waals surface area contributed by atoms with Crippen LogP contribution in [0.25, 0.3) is 0 Å². The Labute approximate surface area is 186 Å². The van der Waals surface area contributed by atoms with Gasteiger partial charge in [0.25, 0.3) is 11.8 Å². The highest BCUT2D eigenvalue weighted by atomic mass is 19.1. The molecule has 2 aromatic carbocycles. The first-order valence-electron chi connectivity index (χ1n) is 10.5. The minimum atomic E-state index is -0.926. The number of nitrogens with zero attached hydrogens (tertiary/aromatic N) is 1. The number of amides is 3. The topological polar surface area (TPSA) is 78.5 Å². The van der Waals surface area contributed by atoms with E-state index in [9.17, 15) is 23.2 Å². The number of anilines is 1. The molecule has 170 valence electrons. The van der Waals surface area contributed by atoms with Crippen molar-refractivity contribution in [2.24, 2.45) is 5.41 Å². The van der Waals surface area contributed by atoms with Gasteiger partial charge in [-0.05, 0) is 49.2 Å². The number of carbonyl (C=O) groups is 3. The normalized spacial score (nSPS) is 14.7. The predicted molar refractivity (Wildman–Crippen MR) is 117 cm³/mol. The summed E-state index contributed by atoms with van der Waals surface area (Å²) >= 11 is 0. The van der Waals surface area contributed by atoms with Gasteiger partial charge < -0.3 is 15.5 Å². The maximum absolute atomic E-state index is 15.0. The molecule has 0 aromatic heterocycles. The second-order valence-electron chi connectivity index (χ2n) is 8.92. The standard InChI is InChI=1S/C24H27F2N3O3/c1-24(2,3)23(32)29-13-11-17(12-14-29)28-22(31)19-6-4-5-18(20(19)26)21(30)27-16-9-7-15(25)8-10-16/h4-10,17H,11-14H2,1-3H3,(H,27,30)(H,28,31). The van der Waals surface area contributed by atoms with E-state index in [1.807, 2.05) is 20.8 Å². The molecule has 1 heterocycles. The number of benzene rings is 2. The maximum atomic E-state index is 15.0. The molecule has 0 bridgehead atoms. The molecule has 1 aliphatic rings. The van der Waals surface area contributed by atoms with E-state index in [-0.39, 0.29) is 23.1 Å². The van der Waals surface area contributed by atoms with E-state index < -0.39 is 28.9 Å². The van der Waals surface area contributed by atoms with Crippen LogP contribution < -0.4 is 10.6 Å². The smallest absolute Gasteiger partial charge is 0.258 e. The van der Waals surface area contributed by atoms with Crippen molar-refractivity contribution in [3.8, 4) is 0 Å². The monoisotopic (exact) mass is 443 g/mol. The molecule has 0 atom stereocenters. The lowest BCUT2D eigenvalue weighted by Crippen LogP contribution is -2.49. The van der Waals surface area contributed by atoms with Gasteiger partial charge in [-0.3, -0.25) is 14.4 Å². The molecule has 2 N–H and O–H groups in total. The van der Waals surface area contributed by atoms with Gasteiger partial charge in [0, 0.05) is 30.2 Å². The van der Waals surface area contributed by atoms with Gasteiger partial charge in [-0.1, -0.05) is 26.8 Å². The first kappa shape index (κ1) is 23.4. The molecule has 3 amide bonds. The summed E-state index contributed by atoms with van der Waals surface area (Å²) < 4.78 is 28.0. The second kappa shape index (κ2) is 9.46. The molecule has 0 spiro atoms. The SMILES string of the molecule is CC(C)(C)C(=O)N1CCC(NC(=O)c2cccc(C(=O)Nc3ccc(F)cc3)c2F)CC1. The molecule has 8 heteroatoms. The van der Waals surface area contributed by atoms with Gasteiger partial charge in [-0.2, -0.15) is 0 Å².